The zero-order chi connectivity index (χ0) is 9.71. The summed E-state index contributed by atoms with van der Waals surface area (Å²) in [4.78, 5) is 11.3. The van der Waals surface area contributed by atoms with E-state index in [1.807, 2.05) is 30.3 Å². The highest BCUT2D eigenvalue weighted by Gasteiger charge is 2.60. The summed E-state index contributed by atoms with van der Waals surface area (Å²) in [7, 11) is 0. The van der Waals surface area contributed by atoms with Gasteiger partial charge in [-0.2, -0.15) is 0 Å². The lowest BCUT2D eigenvalue weighted by molar-refractivity contribution is -0.144. The molecule has 14 heavy (non-hydrogen) atoms. The summed E-state index contributed by atoms with van der Waals surface area (Å²) in [6, 6.07) is 9.86. The van der Waals surface area contributed by atoms with Crippen molar-refractivity contribution in [2.45, 2.75) is 6.10 Å². The number of fused-ring (bicyclic) bond motifs is 1. The Morgan fingerprint density at radius 2 is 1.93 bits per heavy atom. The summed E-state index contributed by atoms with van der Waals surface area (Å²) < 4.78 is 5.28. The van der Waals surface area contributed by atoms with Gasteiger partial charge in [-0.15, -0.1) is 0 Å². The van der Waals surface area contributed by atoms with Gasteiger partial charge in [0.05, 0.1) is 5.92 Å². The molecular weight excluding hydrogens is 176 g/mol. The zero-order valence-corrected chi connectivity index (χ0v) is 7.64. The number of rotatable bonds is 1. The maximum atomic E-state index is 11.3. The number of carbonyl (C=O) groups excluding carboxylic acids is 1. The van der Waals surface area contributed by atoms with Crippen LogP contribution in [0.3, 0.4) is 0 Å². The van der Waals surface area contributed by atoms with E-state index < -0.39 is 0 Å². The summed E-state index contributed by atoms with van der Waals surface area (Å²) >= 11 is 0. The SMILES string of the molecule is C=C1[C@H]2C(=O)O[C@@H](c3ccccc3)[C@@H]12. The molecule has 1 saturated heterocycles. The highest BCUT2D eigenvalue weighted by atomic mass is 16.6. The van der Waals surface area contributed by atoms with Crippen LogP contribution in [0.4, 0.5) is 0 Å². The molecule has 3 rings (SSSR count). The molecule has 2 fully saturated rings. The Labute approximate surface area is 82.2 Å². The molecule has 0 aromatic heterocycles. The van der Waals surface area contributed by atoms with Crippen LogP contribution in [0.1, 0.15) is 11.7 Å². The van der Waals surface area contributed by atoms with E-state index in [1.54, 1.807) is 0 Å². The highest BCUT2D eigenvalue weighted by Crippen LogP contribution is 2.59. The first-order chi connectivity index (χ1) is 6.79. The van der Waals surface area contributed by atoms with Crippen molar-refractivity contribution in [1.29, 1.82) is 0 Å². The lowest BCUT2D eigenvalue weighted by atomic mass is 10.1. The maximum Gasteiger partial charge on any atom is 0.314 e. The number of esters is 1. The van der Waals surface area contributed by atoms with Crippen LogP contribution in [0.25, 0.3) is 0 Å². The van der Waals surface area contributed by atoms with Gasteiger partial charge in [0.25, 0.3) is 0 Å². The largest absolute Gasteiger partial charge is 0.456 e. The van der Waals surface area contributed by atoms with Crippen molar-refractivity contribution in [1.82, 2.24) is 0 Å². The number of hydrogen-bond donors (Lipinski definition) is 0. The van der Waals surface area contributed by atoms with Gasteiger partial charge in [-0.05, 0) is 5.56 Å². The zero-order valence-electron chi connectivity index (χ0n) is 7.64. The van der Waals surface area contributed by atoms with E-state index in [9.17, 15) is 4.79 Å². The molecule has 0 radical (unpaired) electrons. The molecule has 2 heteroatoms. The molecule has 2 aliphatic rings. The lowest BCUT2D eigenvalue weighted by Crippen LogP contribution is -2.05. The fourth-order valence-electron chi connectivity index (χ4n) is 2.19. The average molecular weight is 186 g/mol. The molecule has 1 aromatic rings. The lowest BCUT2D eigenvalue weighted by Gasteiger charge is -2.12. The molecule has 1 aliphatic heterocycles. The van der Waals surface area contributed by atoms with Crippen molar-refractivity contribution in [2.75, 3.05) is 0 Å². The summed E-state index contributed by atoms with van der Waals surface area (Å²) in [5.74, 6) is 0.124. The molecule has 1 aliphatic carbocycles. The first kappa shape index (κ1) is 7.80. The van der Waals surface area contributed by atoms with E-state index in [-0.39, 0.29) is 23.9 Å². The summed E-state index contributed by atoms with van der Waals surface area (Å²) in [6.07, 6.45) is -0.0822. The van der Waals surface area contributed by atoms with Crippen LogP contribution in [0, 0.1) is 11.8 Å². The number of carbonyl (C=O) groups is 1. The summed E-state index contributed by atoms with van der Waals surface area (Å²) in [5.41, 5.74) is 2.11. The highest BCUT2D eigenvalue weighted by molar-refractivity contribution is 5.85. The van der Waals surface area contributed by atoms with E-state index in [0.717, 1.165) is 11.1 Å². The molecule has 3 atom stereocenters. The molecule has 0 amide bonds. The quantitative estimate of drug-likeness (QED) is 0.496. The molecule has 0 unspecified atom stereocenters. The van der Waals surface area contributed by atoms with Crippen molar-refractivity contribution in [3.05, 3.63) is 48.0 Å². The number of benzene rings is 1. The summed E-state index contributed by atoms with van der Waals surface area (Å²) in [6.45, 7) is 3.88. The monoisotopic (exact) mass is 186 g/mol. The minimum absolute atomic E-state index is 0.0137. The Hall–Kier alpha value is -1.57. The van der Waals surface area contributed by atoms with E-state index in [2.05, 4.69) is 6.58 Å². The molecule has 0 spiro atoms. The van der Waals surface area contributed by atoms with Gasteiger partial charge >= 0.3 is 5.97 Å². The van der Waals surface area contributed by atoms with Crippen LogP contribution in [0.15, 0.2) is 42.5 Å². The third kappa shape index (κ3) is 0.882. The molecular formula is C12H10O2. The predicted octanol–water partition coefficient (Wildman–Crippen LogP) is 2.09. The van der Waals surface area contributed by atoms with Crippen LogP contribution in [0.2, 0.25) is 0 Å². The van der Waals surface area contributed by atoms with Crippen molar-refractivity contribution >= 4 is 5.97 Å². The molecule has 1 aromatic carbocycles. The fraction of sp³-hybridized carbons (Fsp3) is 0.250. The number of hydrogen-bond acceptors (Lipinski definition) is 2. The standard InChI is InChI=1S/C12H10O2/c1-7-9-10(7)12(13)14-11(9)8-5-3-2-4-6-8/h2-6,9-11H,1H2/t9-,10+,11-/m0/s1. The van der Waals surface area contributed by atoms with Crippen LogP contribution in [-0.2, 0) is 9.53 Å². The Morgan fingerprint density at radius 1 is 1.21 bits per heavy atom. The second-order valence-corrected chi connectivity index (χ2v) is 3.85. The fourth-order valence-corrected chi connectivity index (χ4v) is 2.19. The Balaban J connectivity index is 1.95. The van der Waals surface area contributed by atoms with E-state index >= 15 is 0 Å². The third-order valence-electron chi connectivity index (χ3n) is 3.03. The van der Waals surface area contributed by atoms with Gasteiger partial charge in [-0.1, -0.05) is 42.5 Å². The van der Waals surface area contributed by atoms with Crippen molar-refractivity contribution in [3.8, 4) is 0 Å². The second-order valence-electron chi connectivity index (χ2n) is 3.85. The van der Waals surface area contributed by atoms with Gasteiger partial charge in [0.2, 0.25) is 0 Å². The smallest absolute Gasteiger partial charge is 0.314 e. The van der Waals surface area contributed by atoms with Crippen molar-refractivity contribution < 1.29 is 9.53 Å². The van der Waals surface area contributed by atoms with Gasteiger partial charge in [0.1, 0.15) is 6.10 Å². The Bertz CT molecular complexity index is 408. The van der Waals surface area contributed by atoms with Gasteiger partial charge < -0.3 is 4.74 Å². The Morgan fingerprint density at radius 3 is 2.50 bits per heavy atom. The molecule has 1 saturated carbocycles. The summed E-state index contributed by atoms with van der Waals surface area (Å²) in [5, 5.41) is 0. The molecule has 1 heterocycles. The topological polar surface area (TPSA) is 26.3 Å². The van der Waals surface area contributed by atoms with Gasteiger partial charge in [-0.3, -0.25) is 4.79 Å². The minimum Gasteiger partial charge on any atom is -0.456 e. The normalized spacial score (nSPS) is 33.9. The first-order valence-corrected chi connectivity index (χ1v) is 4.73. The van der Waals surface area contributed by atoms with E-state index in [4.69, 9.17) is 4.74 Å². The van der Waals surface area contributed by atoms with Gasteiger partial charge in [0.15, 0.2) is 0 Å². The van der Waals surface area contributed by atoms with Crippen LogP contribution < -0.4 is 0 Å². The average Bonchev–Trinajstić information content (AvgIpc) is 2.72. The van der Waals surface area contributed by atoms with Crippen LogP contribution in [-0.4, -0.2) is 5.97 Å². The van der Waals surface area contributed by atoms with Crippen LogP contribution in [0.5, 0.6) is 0 Å². The Kier molecular flexibility index (Phi) is 1.38. The molecule has 0 bridgehead atoms. The molecule has 0 N–H and O–H groups in total. The van der Waals surface area contributed by atoms with Crippen LogP contribution >= 0.6 is 0 Å². The maximum absolute atomic E-state index is 11.3. The third-order valence-corrected chi connectivity index (χ3v) is 3.03. The van der Waals surface area contributed by atoms with Gasteiger partial charge in [0, 0.05) is 5.92 Å². The van der Waals surface area contributed by atoms with Gasteiger partial charge in [-0.25, -0.2) is 0 Å². The van der Waals surface area contributed by atoms with E-state index in [0.29, 0.717) is 0 Å². The minimum atomic E-state index is -0.103. The van der Waals surface area contributed by atoms with Crippen molar-refractivity contribution in [2.24, 2.45) is 11.8 Å². The second kappa shape index (κ2) is 2.47. The number of ether oxygens (including phenoxy) is 1. The number of cyclic esters (lactones) is 1. The van der Waals surface area contributed by atoms with Crippen molar-refractivity contribution in [3.63, 3.8) is 0 Å². The van der Waals surface area contributed by atoms with E-state index in [1.165, 1.54) is 0 Å². The first-order valence-electron chi connectivity index (χ1n) is 4.73. The molecule has 70 valence electrons. The predicted molar refractivity (Wildman–Crippen MR) is 51.4 cm³/mol. The molecule has 2 nitrogen and oxygen atoms in total.